The lowest BCUT2D eigenvalue weighted by Crippen LogP contribution is -2.31. The van der Waals surface area contributed by atoms with Gasteiger partial charge in [0.2, 0.25) is 10.0 Å². The Balaban J connectivity index is 3.18. The lowest BCUT2D eigenvalue weighted by atomic mass is 10.2. The van der Waals surface area contributed by atoms with Crippen molar-refractivity contribution in [1.82, 2.24) is 4.31 Å². The molecule has 0 bridgehead atoms. The molecule has 20 heavy (non-hydrogen) atoms. The van der Waals surface area contributed by atoms with Crippen LogP contribution >= 0.6 is 0 Å². The van der Waals surface area contributed by atoms with E-state index in [0.717, 1.165) is 22.5 Å². The second-order valence-electron chi connectivity index (χ2n) is 3.93. The average Bonchev–Trinajstić information content (AvgIpc) is 2.38. The minimum absolute atomic E-state index is 0.0218. The van der Waals surface area contributed by atoms with Gasteiger partial charge >= 0.3 is 6.18 Å². The maximum Gasteiger partial charge on any atom is 0.416 e. The zero-order chi connectivity index (χ0) is 15.4. The third kappa shape index (κ3) is 3.71. The number of sulfonamides is 1. The molecule has 0 atom stereocenters. The molecule has 4 nitrogen and oxygen atoms in total. The van der Waals surface area contributed by atoms with Gasteiger partial charge in [-0.15, -0.1) is 0 Å². The Bertz CT molecular complexity index is 606. The molecule has 1 rings (SSSR count). The van der Waals surface area contributed by atoms with Gasteiger partial charge in [-0.1, -0.05) is 13.0 Å². The summed E-state index contributed by atoms with van der Waals surface area (Å²) < 4.78 is 63.1. The summed E-state index contributed by atoms with van der Waals surface area (Å²) in [6.07, 6.45) is -4.62. The zero-order valence-electron chi connectivity index (χ0n) is 10.7. The van der Waals surface area contributed by atoms with Crippen molar-refractivity contribution >= 4 is 10.0 Å². The second kappa shape index (κ2) is 6.24. The molecule has 0 amide bonds. The van der Waals surface area contributed by atoms with Crippen LogP contribution in [0.3, 0.4) is 0 Å². The molecular weight excluding hydrogens is 293 g/mol. The lowest BCUT2D eigenvalue weighted by molar-refractivity contribution is -0.137. The van der Waals surface area contributed by atoms with E-state index in [1.807, 2.05) is 0 Å². The molecule has 0 spiro atoms. The molecule has 0 unspecified atom stereocenters. The van der Waals surface area contributed by atoms with Crippen LogP contribution in [0.1, 0.15) is 18.9 Å². The van der Waals surface area contributed by atoms with E-state index in [-0.39, 0.29) is 19.5 Å². The molecule has 0 aliphatic heterocycles. The molecule has 110 valence electrons. The summed E-state index contributed by atoms with van der Waals surface area (Å²) >= 11 is 0. The maximum absolute atomic E-state index is 12.6. The van der Waals surface area contributed by atoms with Gasteiger partial charge in [0.25, 0.3) is 0 Å². The first-order chi connectivity index (χ1) is 9.23. The molecule has 0 heterocycles. The highest BCUT2D eigenvalue weighted by atomic mass is 32.2. The molecule has 1 aromatic carbocycles. The molecule has 0 saturated carbocycles. The third-order valence-electron chi connectivity index (χ3n) is 2.62. The number of benzene rings is 1. The number of rotatable bonds is 5. The molecular formula is C12H13F3N2O2S. The van der Waals surface area contributed by atoms with Gasteiger partial charge in [0.1, 0.15) is 0 Å². The Labute approximate surface area is 115 Å². The highest BCUT2D eigenvalue weighted by Crippen LogP contribution is 2.31. The predicted octanol–water partition coefficient (Wildman–Crippen LogP) is 2.63. The van der Waals surface area contributed by atoms with Gasteiger partial charge in [-0.05, 0) is 18.2 Å². The first-order valence-corrected chi connectivity index (χ1v) is 7.22. The summed E-state index contributed by atoms with van der Waals surface area (Å²) in [6, 6.07) is 5.38. The molecule has 0 saturated heterocycles. The SMILES string of the molecule is CCN(CCC#N)S(=O)(=O)c1cccc(C(F)(F)F)c1. The lowest BCUT2D eigenvalue weighted by Gasteiger charge is -2.19. The Hall–Kier alpha value is -1.59. The van der Waals surface area contributed by atoms with Crippen LogP contribution in [0.5, 0.6) is 0 Å². The Morgan fingerprint density at radius 3 is 2.50 bits per heavy atom. The monoisotopic (exact) mass is 306 g/mol. The summed E-state index contributed by atoms with van der Waals surface area (Å²) in [6.45, 7) is 1.59. The van der Waals surface area contributed by atoms with Gasteiger partial charge < -0.3 is 0 Å². The van der Waals surface area contributed by atoms with Crippen LogP contribution in [0, 0.1) is 11.3 Å². The summed E-state index contributed by atoms with van der Waals surface area (Å²) in [5.74, 6) is 0. The summed E-state index contributed by atoms with van der Waals surface area (Å²) in [5.41, 5.74) is -1.02. The first-order valence-electron chi connectivity index (χ1n) is 5.78. The fourth-order valence-electron chi connectivity index (χ4n) is 1.60. The topological polar surface area (TPSA) is 61.2 Å². The minimum Gasteiger partial charge on any atom is -0.207 e. The van der Waals surface area contributed by atoms with Crippen molar-refractivity contribution in [3.63, 3.8) is 0 Å². The van der Waals surface area contributed by atoms with E-state index < -0.39 is 26.7 Å². The van der Waals surface area contributed by atoms with Crippen molar-refractivity contribution in [3.05, 3.63) is 29.8 Å². The van der Waals surface area contributed by atoms with Crippen LogP contribution in [0.25, 0.3) is 0 Å². The van der Waals surface area contributed by atoms with Gasteiger partial charge in [0, 0.05) is 19.5 Å². The number of nitriles is 1. The fourth-order valence-corrected chi connectivity index (χ4v) is 3.10. The van der Waals surface area contributed by atoms with Gasteiger partial charge in [0.05, 0.1) is 16.5 Å². The van der Waals surface area contributed by atoms with Crippen LogP contribution in [0.2, 0.25) is 0 Å². The Kier molecular flexibility index (Phi) is 5.14. The number of hydrogen-bond donors (Lipinski definition) is 0. The molecule has 0 aliphatic rings. The fraction of sp³-hybridized carbons (Fsp3) is 0.417. The summed E-state index contributed by atoms with van der Waals surface area (Å²) in [7, 11) is -4.02. The van der Waals surface area contributed by atoms with Crippen LogP contribution < -0.4 is 0 Å². The van der Waals surface area contributed by atoms with Crippen LogP contribution in [0.4, 0.5) is 13.2 Å². The van der Waals surface area contributed by atoms with Crippen LogP contribution in [0.15, 0.2) is 29.2 Å². The smallest absolute Gasteiger partial charge is 0.207 e. The van der Waals surface area contributed by atoms with Crippen molar-refractivity contribution in [1.29, 1.82) is 5.26 Å². The number of halogens is 3. The van der Waals surface area contributed by atoms with E-state index >= 15 is 0 Å². The van der Waals surface area contributed by atoms with E-state index in [4.69, 9.17) is 5.26 Å². The number of alkyl halides is 3. The summed E-state index contributed by atoms with van der Waals surface area (Å²) in [4.78, 5) is -0.424. The average molecular weight is 306 g/mol. The summed E-state index contributed by atoms with van der Waals surface area (Å²) in [5, 5.41) is 8.48. The zero-order valence-corrected chi connectivity index (χ0v) is 11.5. The molecule has 0 radical (unpaired) electrons. The second-order valence-corrected chi connectivity index (χ2v) is 5.87. The molecule has 1 aromatic rings. The minimum atomic E-state index is -4.60. The molecule has 0 aliphatic carbocycles. The van der Waals surface area contributed by atoms with E-state index in [1.165, 1.54) is 0 Å². The van der Waals surface area contributed by atoms with E-state index in [0.29, 0.717) is 6.07 Å². The normalized spacial score (nSPS) is 12.4. The Morgan fingerprint density at radius 2 is 2.00 bits per heavy atom. The van der Waals surface area contributed by atoms with Crippen molar-refractivity contribution in [3.8, 4) is 6.07 Å². The van der Waals surface area contributed by atoms with Crippen LogP contribution in [-0.4, -0.2) is 25.8 Å². The molecule has 8 heteroatoms. The molecule has 0 aromatic heterocycles. The van der Waals surface area contributed by atoms with Crippen molar-refractivity contribution < 1.29 is 21.6 Å². The van der Waals surface area contributed by atoms with Gasteiger partial charge in [-0.25, -0.2) is 8.42 Å². The largest absolute Gasteiger partial charge is 0.416 e. The van der Waals surface area contributed by atoms with Crippen molar-refractivity contribution in [2.45, 2.75) is 24.4 Å². The quantitative estimate of drug-likeness (QED) is 0.840. The van der Waals surface area contributed by atoms with Gasteiger partial charge in [-0.3, -0.25) is 0 Å². The standard InChI is InChI=1S/C12H13F3N2O2S/c1-2-17(8-4-7-16)20(18,19)11-6-3-5-10(9-11)12(13,14)15/h3,5-6,9H,2,4,8H2,1H3. The van der Waals surface area contributed by atoms with E-state index in [2.05, 4.69) is 0 Å². The first kappa shape index (κ1) is 16.5. The maximum atomic E-state index is 12.6. The highest BCUT2D eigenvalue weighted by molar-refractivity contribution is 7.89. The highest BCUT2D eigenvalue weighted by Gasteiger charge is 2.32. The van der Waals surface area contributed by atoms with E-state index in [9.17, 15) is 21.6 Å². The molecule has 0 fully saturated rings. The van der Waals surface area contributed by atoms with Gasteiger partial charge in [0.15, 0.2) is 0 Å². The van der Waals surface area contributed by atoms with Gasteiger partial charge in [-0.2, -0.15) is 22.7 Å². The Morgan fingerprint density at radius 1 is 1.35 bits per heavy atom. The molecule has 0 N–H and O–H groups in total. The number of nitrogens with zero attached hydrogens (tertiary/aromatic N) is 2. The van der Waals surface area contributed by atoms with Crippen molar-refractivity contribution in [2.75, 3.05) is 13.1 Å². The van der Waals surface area contributed by atoms with E-state index in [1.54, 1.807) is 13.0 Å². The van der Waals surface area contributed by atoms with Crippen LogP contribution in [-0.2, 0) is 16.2 Å². The predicted molar refractivity (Wildman–Crippen MR) is 66.1 cm³/mol. The van der Waals surface area contributed by atoms with Crippen molar-refractivity contribution in [2.24, 2.45) is 0 Å². The number of hydrogen-bond acceptors (Lipinski definition) is 3. The third-order valence-corrected chi connectivity index (χ3v) is 4.60.